The third kappa shape index (κ3) is 7.00. The lowest BCUT2D eigenvalue weighted by Crippen LogP contribution is -2.10. The average Bonchev–Trinajstić information content (AvgIpc) is 3.50. The first-order valence-corrected chi connectivity index (χ1v) is 19.1. The van der Waals surface area contributed by atoms with Gasteiger partial charge in [-0.05, 0) is 105 Å². The molecular weight excluding hydrogens is 678 g/mol. The number of anilines is 4. The molecule has 0 radical (unpaired) electrons. The van der Waals surface area contributed by atoms with Crippen LogP contribution in [0.5, 0.6) is 0 Å². The SMILES string of the molecule is CC(C)(C)c1ccc2c(c1)c1cc(C(C)(C)C)ccc1n2-c1cc(Nc2ccc(-c3ccccc3)cc2)c(Cl)c(Nc2ccc(-c3ccccc3)cc2)c1. The van der Waals surface area contributed by atoms with Gasteiger partial charge in [0.25, 0.3) is 0 Å². The monoisotopic (exact) mass is 723 g/mol. The van der Waals surface area contributed by atoms with Gasteiger partial charge in [-0.3, -0.25) is 0 Å². The summed E-state index contributed by atoms with van der Waals surface area (Å²) in [5.41, 5.74) is 14.2. The predicted molar refractivity (Wildman–Crippen MR) is 234 cm³/mol. The Balaban J connectivity index is 1.28. The molecular formula is C50H46ClN3. The fourth-order valence-corrected chi connectivity index (χ4v) is 7.42. The summed E-state index contributed by atoms with van der Waals surface area (Å²) >= 11 is 7.34. The number of hydrogen-bond donors (Lipinski definition) is 2. The molecule has 0 saturated heterocycles. The Hall–Kier alpha value is -5.77. The molecule has 0 saturated carbocycles. The third-order valence-corrected chi connectivity index (χ3v) is 10.8. The van der Waals surface area contributed by atoms with Crippen molar-refractivity contribution in [1.29, 1.82) is 0 Å². The molecule has 0 bridgehead atoms. The minimum atomic E-state index is 0.0187. The molecule has 0 unspecified atom stereocenters. The number of rotatable bonds is 7. The maximum absolute atomic E-state index is 7.34. The maximum Gasteiger partial charge on any atom is 0.0877 e. The normalized spacial score (nSPS) is 12.0. The lowest BCUT2D eigenvalue weighted by Gasteiger charge is -2.20. The van der Waals surface area contributed by atoms with Gasteiger partial charge in [-0.25, -0.2) is 0 Å². The quantitative estimate of drug-likeness (QED) is 0.171. The first-order valence-electron chi connectivity index (χ1n) is 18.7. The predicted octanol–water partition coefficient (Wildman–Crippen LogP) is 14.9. The third-order valence-electron chi connectivity index (χ3n) is 10.4. The maximum atomic E-state index is 7.34. The minimum absolute atomic E-state index is 0.0187. The molecule has 0 amide bonds. The molecule has 268 valence electrons. The largest absolute Gasteiger partial charge is 0.354 e. The summed E-state index contributed by atoms with van der Waals surface area (Å²) in [5.74, 6) is 0. The van der Waals surface area contributed by atoms with Crippen LogP contribution in [0.1, 0.15) is 52.7 Å². The summed E-state index contributed by atoms with van der Waals surface area (Å²) in [6.07, 6.45) is 0. The highest BCUT2D eigenvalue weighted by Gasteiger charge is 2.22. The molecule has 8 aromatic rings. The lowest BCUT2D eigenvalue weighted by atomic mass is 9.85. The smallest absolute Gasteiger partial charge is 0.0877 e. The molecule has 0 fully saturated rings. The molecule has 0 spiro atoms. The first kappa shape index (κ1) is 35.3. The van der Waals surface area contributed by atoms with Crippen molar-refractivity contribution < 1.29 is 0 Å². The van der Waals surface area contributed by atoms with Crippen molar-refractivity contribution in [3.05, 3.63) is 174 Å². The number of nitrogens with zero attached hydrogens (tertiary/aromatic N) is 1. The fraction of sp³-hybridized carbons (Fsp3) is 0.160. The van der Waals surface area contributed by atoms with E-state index >= 15 is 0 Å². The standard InChI is InChI=1S/C50H46ClN3/c1-49(2,3)37-21-27-46-42(29-37)43-30-38(50(4,5)6)22-28-47(43)54(46)41-31-44(52-39-23-17-35(18-24-39)33-13-9-7-10-14-33)48(51)45(32-41)53-40-25-19-36(20-26-40)34-15-11-8-12-16-34/h7-32,52-53H,1-6H3. The summed E-state index contributed by atoms with van der Waals surface area (Å²) < 4.78 is 2.38. The lowest BCUT2D eigenvalue weighted by molar-refractivity contribution is 0.590. The van der Waals surface area contributed by atoms with Crippen LogP contribution in [0, 0.1) is 0 Å². The molecule has 1 aromatic heterocycles. The second-order valence-electron chi connectivity index (χ2n) is 16.3. The van der Waals surface area contributed by atoms with Gasteiger partial charge in [0.05, 0.1) is 33.1 Å². The van der Waals surface area contributed by atoms with Crippen molar-refractivity contribution in [2.24, 2.45) is 0 Å². The number of aromatic nitrogens is 1. The fourth-order valence-electron chi connectivity index (χ4n) is 7.22. The van der Waals surface area contributed by atoms with E-state index in [4.69, 9.17) is 11.6 Å². The van der Waals surface area contributed by atoms with Gasteiger partial charge in [0, 0.05) is 22.1 Å². The van der Waals surface area contributed by atoms with Crippen LogP contribution in [0.25, 0.3) is 49.7 Å². The van der Waals surface area contributed by atoms with Crippen LogP contribution in [-0.4, -0.2) is 4.57 Å². The molecule has 3 nitrogen and oxygen atoms in total. The molecule has 2 N–H and O–H groups in total. The number of nitrogens with one attached hydrogen (secondary N) is 2. The van der Waals surface area contributed by atoms with Crippen LogP contribution in [0.2, 0.25) is 5.02 Å². The molecule has 7 aromatic carbocycles. The van der Waals surface area contributed by atoms with Crippen LogP contribution < -0.4 is 10.6 Å². The van der Waals surface area contributed by atoms with Crippen LogP contribution in [0.3, 0.4) is 0 Å². The molecule has 8 rings (SSSR count). The topological polar surface area (TPSA) is 29.0 Å². The second-order valence-corrected chi connectivity index (χ2v) is 16.7. The van der Waals surface area contributed by atoms with Gasteiger partial charge in [0.2, 0.25) is 0 Å². The highest BCUT2D eigenvalue weighted by Crippen LogP contribution is 2.42. The van der Waals surface area contributed by atoms with Crippen molar-refractivity contribution in [2.45, 2.75) is 52.4 Å². The van der Waals surface area contributed by atoms with Gasteiger partial charge in [0.1, 0.15) is 0 Å². The number of fused-ring (bicyclic) bond motifs is 3. The Kier molecular flexibility index (Phi) is 9.08. The van der Waals surface area contributed by atoms with E-state index in [1.807, 2.05) is 12.1 Å². The number of hydrogen-bond acceptors (Lipinski definition) is 2. The van der Waals surface area contributed by atoms with E-state index in [2.05, 4.69) is 202 Å². The molecule has 0 aliphatic carbocycles. The van der Waals surface area contributed by atoms with E-state index < -0.39 is 0 Å². The first-order chi connectivity index (χ1) is 25.9. The zero-order chi connectivity index (χ0) is 37.6. The summed E-state index contributed by atoms with van der Waals surface area (Å²) in [7, 11) is 0. The summed E-state index contributed by atoms with van der Waals surface area (Å²) in [6, 6.07) is 56.2. The summed E-state index contributed by atoms with van der Waals surface area (Å²) in [6.45, 7) is 13.7. The van der Waals surface area contributed by atoms with Crippen molar-refractivity contribution in [1.82, 2.24) is 4.57 Å². The molecule has 54 heavy (non-hydrogen) atoms. The van der Waals surface area contributed by atoms with Crippen LogP contribution in [0.4, 0.5) is 22.7 Å². The Labute approximate surface area is 324 Å². The van der Waals surface area contributed by atoms with E-state index in [0.29, 0.717) is 5.02 Å². The highest BCUT2D eigenvalue weighted by atomic mass is 35.5. The molecule has 0 aliphatic heterocycles. The van der Waals surface area contributed by atoms with Gasteiger partial charge < -0.3 is 15.2 Å². The molecule has 1 heterocycles. The van der Waals surface area contributed by atoms with Crippen molar-refractivity contribution in [3.63, 3.8) is 0 Å². The zero-order valence-corrected chi connectivity index (χ0v) is 32.6. The number of benzene rings is 7. The van der Waals surface area contributed by atoms with E-state index in [9.17, 15) is 0 Å². The summed E-state index contributed by atoms with van der Waals surface area (Å²) in [5, 5.41) is 10.5. The van der Waals surface area contributed by atoms with Crippen molar-refractivity contribution in [2.75, 3.05) is 10.6 Å². The van der Waals surface area contributed by atoms with Gasteiger partial charge in [0.15, 0.2) is 0 Å². The van der Waals surface area contributed by atoms with Gasteiger partial charge in [-0.2, -0.15) is 0 Å². The zero-order valence-electron chi connectivity index (χ0n) is 31.8. The molecule has 0 atom stereocenters. The number of halogens is 1. The minimum Gasteiger partial charge on any atom is -0.354 e. The highest BCUT2D eigenvalue weighted by molar-refractivity contribution is 6.36. The Morgan fingerprint density at radius 1 is 0.426 bits per heavy atom. The van der Waals surface area contributed by atoms with Gasteiger partial charge in [-0.1, -0.05) is 150 Å². The van der Waals surface area contributed by atoms with E-state index in [0.717, 1.165) is 50.6 Å². The van der Waals surface area contributed by atoms with Gasteiger partial charge >= 0.3 is 0 Å². The average molecular weight is 724 g/mol. The molecule has 0 aliphatic rings. The molecule has 4 heteroatoms. The van der Waals surface area contributed by atoms with Crippen LogP contribution in [-0.2, 0) is 10.8 Å². The van der Waals surface area contributed by atoms with Crippen molar-refractivity contribution >= 4 is 56.2 Å². The van der Waals surface area contributed by atoms with E-state index in [-0.39, 0.29) is 10.8 Å². The Bertz CT molecular complexity index is 2410. The Morgan fingerprint density at radius 3 is 1.17 bits per heavy atom. The van der Waals surface area contributed by atoms with Gasteiger partial charge in [-0.15, -0.1) is 0 Å². The van der Waals surface area contributed by atoms with Crippen LogP contribution in [0.15, 0.2) is 158 Å². The van der Waals surface area contributed by atoms with E-state index in [1.165, 1.54) is 33.0 Å². The van der Waals surface area contributed by atoms with Crippen LogP contribution >= 0.6 is 11.6 Å². The van der Waals surface area contributed by atoms with Crippen molar-refractivity contribution in [3.8, 4) is 27.9 Å². The second kappa shape index (κ2) is 13.9. The Morgan fingerprint density at radius 2 is 0.796 bits per heavy atom. The summed E-state index contributed by atoms with van der Waals surface area (Å²) in [4.78, 5) is 0. The van der Waals surface area contributed by atoms with E-state index in [1.54, 1.807) is 0 Å².